The molecule has 0 spiro atoms. The number of carboxylic acids is 1. The third-order valence-electron chi connectivity index (χ3n) is 1.98. The molecular weight excluding hydrogens is 216 g/mol. The molecule has 0 fully saturated rings. The molecule has 4 nitrogen and oxygen atoms in total. The van der Waals surface area contributed by atoms with Gasteiger partial charge in [-0.2, -0.15) is 0 Å². The van der Waals surface area contributed by atoms with Gasteiger partial charge in [-0.05, 0) is 18.1 Å². The second-order valence-electron chi connectivity index (χ2n) is 3.35. The van der Waals surface area contributed by atoms with Gasteiger partial charge in [-0.3, -0.25) is 4.79 Å². The second kappa shape index (κ2) is 4.44. The van der Waals surface area contributed by atoms with Crippen LogP contribution in [0.2, 0.25) is 0 Å². The van der Waals surface area contributed by atoms with Crippen LogP contribution in [0.1, 0.15) is 11.1 Å². The number of sulfone groups is 1. The van der Waals surface area contributed by atoms with E-state index in [0.717, 1.165) is 5.56 Å². The van der Waals surface area contributed by atoms with Gasteiger partial charge in [0.2, 0.25) is 0 Å². The van der Waals surface area contributed by atoms with Crippen LogP contribution in [0.4, 0.5) is 0 Å². The van der Waals surface area contributed by atoms with E-state index in [1.807, 2.05) is 6.07 Å². The number of carboxylic acid groups (broad SMARTS) is 1. The molecule has 1 rings (SSSR count). The number of aliphatic carboxylic acids is 1. The Hall–Kier alpha value is -1.36. The molecule has 0 saturated carbocycles. The average Bonchev–Trinajstić information content (AvgIpc) is 2.06. The van der Waals surface area contributed by atoms with Crippen LogP contribution in [0, 0.1) is 6.92 Å². The Kier molecular flexibility index (Phi) is 3.47. The highest BCUT2D eigenvalue weighted by atomic mass is 32.2. The SMILES string of the molecule is Cc1ccccc1CS(=O)(=O)CC(=O)O. The molecular formula is C10H12O4S. The zero-order chi connectivity index (χ0) is 11.5. The van der Waals surface area contributed by atoms with Crippen molar-refractivity contribution in [1.82, 2.24) is 0 Å². The fourth-order valence-electron chi connectivity index (χ4n) is 1.25. The highest BCUT2D eigenvalue weighted by Gasteiger charge is 2.17. The topological polar surface area (TPSA) is 71.4 Å². The van der Waals surface area contributed by atoms with Crippen molar-refractivity contribution in [3.8, 4) is 0 Å². The van der Waals surface area contributed by atoms with E-state index in [0.29, 0.717) is 5.56 Å². The number of aryl methyl sites for hydroxylation is 1. The first-order chi connectivity index (χ1) is 6.91. The van der Waals surface area contributed by atoms with Gasteiger partial charge in [-0.25, -0.2) is 8.42 Å². The Bertz CT molecular complexity index is 462. The highest BCUT2D eigenvalue weighted by Crippen LogP contribution is 2.11. The minimum absolute atomic E-state index is 0.216. The van der Waals surface area contributed by atoms with Crippen molar-refractivity contribution < 1.29 is 18.3 Å². The molecule has 0 amide bonds. The van der Waals surface area contributed by atoms with Crippen molar-refractivity contribution in [3.05, 3.63) is 35.4 Å². The largest absolute Gasteiger partial charge is 0.480 e. The molecule has 0 bridgehead atoms. The summed E-state index contributed by atoms with van der Waals surface area (Å²) in [6.45, 7) is 1.80. The molecule has 0 aliphatic carbocycles. The van der Waals surface area contributed by atoms with E-state index in [9.17, 15) is 13.2 Å². The Labute approximate surface area is 88.5 Å². The maximum Gasteiger partial charge on any atom is 0.318 e. The minimum Gasteiger partial charge on any atom is -0.480 e. The van der Waals surface area contributed by atoms with Crippen molar-refractivity contribution in [3.63, 3.8) is 0 Å². The van der Waals surface area contributed by atoms with Crippen molar-refractivity contribution in [2.75, 3.05) is 5.75 Å². The molecule has 1 aromatic carbocycles. The van der Waals surface area contributed by atoms with E-state index in [-0.39, 0.29) is 5.75 Å². The van der Waals surface area contributed by atoms with Crippen LogP contribution in [-0.4, -0.2) is 25.2 Å². The molecule has 1 N–H and O–H groups in total. The molecule has 0 aliphatic heterocycles. The number of hydrogen-bond donors (Lipinski definition) is 1. The summed E-state index contributed by atoms with van der Waals surface area (Å²) in [7, 11) is -3.56. The van der Waals surface area contributed by atoms with E-state index >= 15 is 0 Å². The lowest BCUT2D eigenvalue weighted by Crippen LogP contribution is -2.17. The normalized spacial score (nSPS) is 11.3. The van der Waals surface area contributed by atoms with E-state index in [4.69, 9.17) is 5.11 Å². The van der Waals surface area contributed by atoms with Crippen molar-refractivity contribution >= 4 is 15.8 Å². The average molecular weight is 228 g/mol. The molecule has 5 heteroatoms. The summed E-state index contributed by atoms with van der Waals surface area (Å²) >= 11 is 0. The van der Waals surface area contributed by atoms with E-state index in [1.54, 1.807) is 25.1 Å². The van der Waals surface area contributed by atoms with Crippen LogP contribution < -0.4 is 0 Å². The molecule has 15 heavy (non-hydrogen) atoms. The summed E-state index contributed by atoms with van der Waals surface area (Å²) in [5, 5.41) is 8.42. The molecule has 0 radical (unpaired) electrons. The number of rotatable bonds is 4. The first kappa shape index (κ1) is 11.7. The summed E-state index contributed by atoms with van der Waals surface area (Å²) in [5.41, 5.74) is 1.50. The van der Waals surface area contributed by atoms with Gasteiger partial charge in [0, 0.05) is 0 Å². The maximum absolute atomic E-state index is 11.4. The molecule has 0 aliphatic rings. The van der Waals surface area contributed by atoms with Gasteiger partial charge in [0.1, 0.15) is 5.75 Å². The predicted octanol–water partition coefficient (Wildman–Crippen LogP) is 0.994. The molecule has 1 aromatic rings. The molecule has 0 unspecified atom stereocenters. The van der Waals surface area contributed by atoms with Crippen LogP contribution in [0.15, 0.2) is 24.3 Å². The maximum atomic E-state index is 11.4. The lowest BCUT2D eigenvalue weighted by atomic mass is 10.1. The number of benzene rings is 1. The first-order valence-electron chi connectivity index (χ1n) is 4.37. The van der Waals surface area contributed by atoms with E-state index < -0.39 is 21.6 Å². The standard InChI is InChI=1S/C10H12O4S/c1-8-4-2-3-5-9(8)6-15(13,14)7-10(11)12/h2-5H,6-7H2,1H3,(H,11,12). The van der Waals surface area contributed by atoms with Crippen molar-refractivity contribution in [2.24, 2.45) is 0 Å². The van der Waals surface area contributed by atoms with Gasteiger partial charge < -0.3 is 5.11 Å². The van der Waals surface area contributed by atoms with Crippen LogP contribution in [-0.2, 0) is 20.4 Å². The summed E-state index contributed by atoms with van der Waals surface area (Å²) in [6, 6.07) is 7.03. The van der Waals surface area contributed by atoms with Gasteiger partial charge in [-0.15, -0.1) is 0 Å². The minimum atomic E-state index is -3.56. The van der Waals surface area contributed by atoms with E-state index in [1.165, 1.54) is 0 Å². The summed E-state index contributed by atoms with van der Waals surface area (Å²) < 4.78 is 22.8. The van der Waals surface area contributed by atoms with Crippen molar-refractivity contribution in [2.45, 2.75) is 12.7 Å². The fourth-order valence-corrected chi connectivity index (χ4v) is 2.52. The summed E-state index contributed by atoms with van der Waals surface area (Å²) in [5.74, 6) is -2.35. The molecule has 0 aromatic heterocycles. The Morgan fingerprint density at radius 3 is 2.47 bits per heavy atom. The van der Waals surface area contributed by atoms with Crippen LogP contribution >= 0.6 is 0 Å². The van der Waals surface area contributed by atoms with Crippen LogP contribution in [0.5, 0.6) is 0 Å². The van der Waals surface area contributed by atoms with Crippen molar-refractivity contribution in [1.29, 1.82) is 0 Å². The van der Waals surface area contributed by atoms with Gasteiger partial charge in [0.25, 0.3) is 0 Å². The van der Waals surface area contributed by atoms with Gasteiger partial charge in [-0.1, -0.05) is 24.3 Å². The smallest absolute Gasteiger partial charge is 0.318 e. The fraction of sp³-hybridized carbons (Fsp3) is 0.300. The summed E-state index contributed by atoms with van der Waals surface area (Å²) in [6.07, 6.45) is 0. The Morgan fingerprint density at radius 1 is 1.33 bits per heavy atom. The quantitative estimate of drug-likeness (QED) is 0.834. The monoisotopic (exact) mass is 228 g/mol. The zero-order valence-electron chi connectivity index (χ0n) is 8.30. The third-order valence-corrected chi connectivity index (χ3v) is 3.42. The van der Waals surface area contributed by atoms with Crippen LogP contribution in [0.25, 0.3) is 0 Å². The Morgan fingerprint density at radius 2 is 1.93 bits per heavy atom. The Balaban J connectivity index is 2.87. The van der Waals surface area contributed by atoms with Gasteiger partial charge in [0.05, 0.1) is 5.75 Å². The molecule has 0 heterocycles. The first-order valence-corrected chi connectivity index (χ1v) is 6.19. The molecule has 0 atom stereocenters. The number of carbonyl (C=O) groups is 1. The van der Waals surface area contributed by atoms with Crippen LogP contribution in [0.3, 0.4) is 0 Å². The summed E-state index contributed by atoms with van der Waals surface area (Å²) in [4.78, 5) is 10.3. The number of hydrogen-bond acceptors (Lipinski definition) is 3. The predicted molar refractivity (Wildman–Crippen MR) is 56.3 cm³/mol. The van der Waals surface area contributed by atoms with Gasteiger partial charge in [0.15, 0.2) is 9.84 Å². The molecule has 0 saturated heterocycles. The molecule has 82 valence electrons. The third kappa shape index (κ3) is 3.71. The lowest BCUT2D eigenvalue weighted by molar-refractivity contribution is -0.134. The lowest BCUT2D eigenvalue weighted by Gasteiger charge is -2.04. The van der Waals surface area contributed by atoms with Gasteiger partial charge >= 0.3 is 5.97 Å². The highest BCUT2D eigenvalue weighted by molar-refractivity contribution is 7.91. The van der Waals surface area contributed by atoms with E-state index in [2.05, 4.69) is 0 Å². The zero-order valence-corrected chi connectivity index (χ0v) is 9.12. The second-order valence-corrected chi connectivity index (χ2v) is 5.42.